The van der Waals surface area contributed by atoms with Gasteiger partial charge in [0.25, 0.3) is 0 Å². The van der Waals surface area contributed by atoms with E-state index in [2.05, 4.69) is 10.3 Å². The lowest BCUT2D eigenvalue weighted by molar-refractivity contribution is -0.124. The molecule has 7 nitrogen and oxygen atoms in total. The van der Waals surface area contributed by atoms with Crippen LogP contribution >= 0.6 is 0 Å². The molecule has 2 aromatic heterocycles. The van der Waals surface area contributed by atoms with Crippen LogP contribution in [0.25, 0.3) is 5.65 Å². The number of hydrogen-bond donors (Lipinski definition) is 1. The molecule has 0 radical (unpaired) electrons. The van der Waals surface area contributed by atoms with Crippen LogP contribution in [0, 0.1) is 5.82 Å². The molecule has 3 heterocycles. The predicted molar refractivity (Wildman–Crippen MR) is 100 cm³/mol. The van der Waals surface area contributed by atoms with Crippen LogP contribution in [0.4, 0.5) is 4.39 Å². The molecule has 1 N–H and O–H groups in total. The van der Waals surface area contributed by atoms with Crippen LogP contribution in [-0.4, -0.2) is 40.6 Å². The lowest BCUT2D eigenvalue weighted by Gasteiger charge is -2.23. The quantitative estimate of drug-likeness (QED) is 0.707. The van der Waals surface area contributed by atoms with Gasteiger partial charge in [-0.2, -0.15) is 4.31 Å². The summed E-state index contributed by atoms with van der Waals surface area (Å²) < 4.78 is 41.9. The highest BCUT2D eigenvalue weighted by molar-refractivity contribution is 7.89. The first-order valence-electron chi connectivity index (χ1n) is 8.93. The van der Waals surface area contributed by atoms with Crippen LogP contribution in [0.5, 0.6) is 0 Å². The number of aromatic nitrogens is 2. The van der Waals surface area contributed by atoms with Gasteiger partial charge in [-0.05, 0) is 49.2 Å². The summed E-state index contributed by atoms with van der Waals surface area (Å²) in [6.07, 6.45) is 4.71. The van der Waals surface area contributed by atoms with Gasteiger partial charge in [-0.1, -0.05) is 6.07 Å². The van der Waals surface area contributed by atoms with E-state index in [4.69, 9.17) is 0 Å². The van der Waals surface area contributed by atoms with Gasteiger partial charge in [-0.15, -0.1) is 0 Å². The molecular weight excluding hydrogens is 383 g/mol. The highest BCUT2D eigenvalue weighted by Gasteiger charge is 2.39. The number of hydrogen-bond acceptors (Lipinski definition) is 4. The minimum absolute atomic E-state index is 0.0195. The van der Waals surface area contributed by atoms with Gasteiger partial charge in [0.2, 0.25) is 15.9 Å². The molecule has 1 aliphatic rings. The Morgan fingerprint density at radius 1 is 1.21 bits per heavy atom. The van der Waals surface area contributed by atoms with Crippen molar-refractivity contribution < 1.29 is 17.6 Å². The smallest absolute Gasteiger partial charge is 0.243 e. The summed E-state index contributed by atoms with van der Waals surface area (Å²) in [5.41, 5.74) is 1.46. The number of fused-ring (bicyclic) bond motifs is 1. The van der Waals surface area contributed by atoms with E-state index in [1.807, 2.05) is 35.0 Å². The molecule has 1 saturated heterocycles. The van der Waals surface area contributed by atoms with Gasteiger partial charge in [-0.3, -0.25) is 4.79 Å². The number of sulfonamides is 1. The second kappa shape index (κ2) is 7.33. The highest BCUT2D eigenvalue weighted by atomic mass is 32.2. The first-order chi connectivity index (χ1) is 13.4. The lowest BCUT2D eigenvalue weighted by Crippen LogP contribution is -2.45. The van der Waals surface area contributed by atoms with Crippen molar-refractivity contribution in [3.8, 4) is 0 Å². The Morgan fingerprint density at radius 2 is 2.00 bits per heavy atom. The number of imidazole rings is 1. The van der Waals surface area contributed by atoms with E-state index in [0.717, 1.165) is 17.8 Å². The van der Waals surface area contributed by atoms with Crippen LogP contribution in [0.1, 0.15) is 18.5 Å². The van der Waals surface area contributed by atoms with Crippen molar-refractivity contribution in [2.45, 2.75) is 30.3 Å². The van der Waals surface area contributed by atoms with Crippen LogP contribution in [-0.2, 0) is 21.4 Å². The molecule has 1 aromatic carbocycles. The van der Waals surface area contributed by atoms with Crippen molar-refractivity contribution in [2.24, 2.45) is 0 Å². The van der Waals surface area contributed by atoms with Crippen molar-refractivity contribution >= 4 is 21.6 Å². The monoisotopic (exact) mass is 402 g/mol. The van der Waals surface area contributed by atoms with Crippen molar-refractivity contribution in [1.82, 2.24) is 19.0 Å². The summed E-state index contributed by atoms with van der Waals surface area (Å²) in [6, 6.07) is 9.47. The number of nitrogens with one attached hydrogen (secondary N) is 1. The Morgan fingerprint density at radius 3 is 2.75 bits per heavy atom. The summed E-state index contributed by atoms with van der Waals surface area (Å²) in [5.74, 6) is -0.873. The van der Waals surface area contributed by atoms with Crippen LogP contribution in [0.15, 0.2) is 59.8 Å². The van der Waals surface area contributed by atoms with E-state index in [1.54, 1.807) is 0 Å². The van der Waals surface area contributed by atoms with Crippen molar-refractivity contribution in [2.75, 3.05) is 6.54 Å². The summed E-state index contributed by atoms with van der Waals surface area (Å²) in [5, 5.41) is 2.78. The minimum Gasteiger partial charge on any atom is -0.349 e. The van der Waals surface area contributed by atoms with Gasteiger partial charge in [0.1, 0.15) is 17.5 Å². The third-order valence-corrected chi connectivity index (χ3v) is 6.71. The maximum atomic E-state index is 13.1. The SMILES string of the molecule is O=C(NCc1cn2ccccc2n1)[C@H]1CCCN1S(=O)(=O)c1ccc(F)cc1. The zero-order valence-electron chi connectivity index (χ0n) is 15.0. The maximum absolute atomic E-state index is 13.1. The van der Waals surface area contributed by atoms with E-state index in [9.17, 15) is 17.6 Å². The molecule has 3 aromatic rings. The zero-order chi connectivity index (χ0) is 19.7. The lowest BCUT2D eigenvalue weighted by atomic mass is 10.2. The van der Waals surface area contributed by atoms with Crippen molar-refractivity contribution in [3.63, 3.8) is 0 Å². The Bertz CT molecular complexity index is 1080. The normalized spacial score (nSPS) is 17.8. The fourth-order valence-electron chi connectivity index (χ4n) is 3.40. The van der Waals surface area contributed by atoms with Crippen molar-refractivity contribution in [1.29, 1.82) is 0 Å². The van der Waals surface area contributed by atoms with E-state index < -0.39 is 21.9 Å². The molecule has 1 atom stereocenters. The molecule has 0 unspecified atom stereocenters. The topological polar surface area (TPSA) is 83.8 Å². The largest absolute Gasteiger partial charge is 0.349 e. The third-order valence-electron chi connectivity index (χ3n) is 4.78. The van der Waals surface area contributed by atoms with Crippen LogP contribution in [0.3, 0.4) is 0 Å². The zero-order valence-corrected chi connectivity index (χ0v) is 15.8. The van der Waals surface area contributed by atoms with Gasteiger partial charge in [0.05, 0.1) is 17.1 Å². The Balaban J connectivity index is 1.47. The van der Waals surface area contributed by atoms with Gasteiger partial charge < -0.3 is 9.72 Å². The number of amides is 1. The highest BCUT2D eigenvalue weighted by Crippen LogP contribution is 2.26. The molecule has 28 heavy (non-hydrogen) atoms. The average molecular weight is 402 g/mol. The maximum Gasteiger partial charge on any atom is 0.243 e. The van der Waals surface area contributed by atoms with Gasteiger partial charge >= 0.3 is 0 Å². The molecule has 1 aliphatic heterocycles. The van der Waals surface area contributed by atoms with Gasteiger partial charge in [-0.25, -0.2) is 17.8 Å². The first kappa shape index (κ1) is 18.6. The summed E-state index contributed by atoms with van der Waals surface area (Å²) in [6.45, 7) is 0.466. The van der Waals surface area contributed by atoms with Crippen LogP contribution in [0.2, 0.25) is 0 Å². The van der Waals surface area contributed by atoms with Crippen molar-refractivity contribution in [3.05, 3.63) is 66.4 Å². The summed E-state index contributed by atoms with van der Waals surface area (Å²) in [4.78, 5) is 17.1. The van der Waals surface area contributed by atoms with Gasteiger partial charge in [0.15, 0.2) is 0 Å². The van der Waals surface area contributed by atoms with Crippen LogP contribution < -0.4 is 5.32 Å². The van der Waals surface area contributed by atoms with E-state index in [1.165, 1.54) is 16.4 Å². The Kier molecular flexibility index (Phi) is 4.86. The van der Waals surface area contributed by atoms with E-state index in [0.29, 0.717) is 18.5 Å². The molecule has 1 amide bonds. The summed E-state index contributed by atoms with van der Waals surface area (Å²) in [7, 11) is -3.87. The number of nitrogens with zero attached hydrogens (tertiary/aromatic N) is 3. The molecule has 146 valence electrons. The second-order valence-electron chi connectivity index (χ2n) is 6.64. The average Bonchev–Trinajstić information content (AvgIpc) is 3.33. The first-order valence-corrected chi connectivity index (χ1v) is 10.4. The number of benzene rings is 1. The van der Waals surface area contributed by atoms with E-state index in [-0.39, 0.29) is 23.9 Å². The van der Waals surface area contributed by atoms with E-state index >= 15 is 0 Å². The number of carbonyl (C=O) groups is 1. The summed E-state index contributed by atoms with van der Waals surface area (Å²) >= 11 is 0. The number of carbonyl (C=O) groups excluding carboxylic acids is 1. The number of halogens is 1. The molecule has 9 heteroatoms. The number of rotatable bonds is 5. The standard InChI is InChI=1S/C19H19FN4O3S/c20-14-6-8-16(9-7-14)28(26,27)24-11-3-4-17(24)19(25)21-12-15-13-23-10-2-1-5-18(23)22-15/h1-2,5-10,13,17H,3-4,11-12H2,(H,21,25)/t17-/m1/s1. The second-order valence-corrected chi connectivity index (χ2v) is 8.53. The molecule has 0 aliphatic carbocycles. The minimum atomic E-state index is -3.87. The number of pyridine rings is 1. The van der Waals surface area contributed by atoms with Gasteiger partial charge in [0, 0.05) is 18.9 Å². The molecule has 0 spiro atoms. The Labute approximate surface area is 161 Å². The fraction of sp³-hybridized carbons (Fsp3) is 0.263. The fourth-order valence-corrected chi connectivity index (χ4v) is 5.06. The Hall–Kier alpha value is -2.78. The molecule has 0 saturated carbocycles. The third kappa shape index (κ3) is 3.50. The molecular formula is C19H19FN4O3S. The molecule has 4 rings (SSSR count). The molecule has 1 fully saturated rings. The molecule has 0 bridgehead atoms. The predicted octanol–water partition coefficient (Wildman–Crippen LogP) is 1.94.